The second-order valence-electron chi connectivity index (χ2n) is 5.38. The normalized spacial score (nSPS) is 10.5. The molecule has 1 heterocycles. The van der Waals surface area contributed by atoms with Crippen molar-refractivity contribution >= 4 is 17.3 Å². The van der Waals surface area contributed by atoms with Crippen LogP contribution in [-0.2, 0) is 6.61 Å². The predicted octanol–water partition coefficient (Wildman–Crippen LogP) is 4.40. The van der Waals surface area contributed by atoms with Gasteiger partial charge in [-0.3, -0.25) is 0 Å². The van der Waals surface area contributed by atoms with Crippen LogP contribution in [0.15, 0.2) is 48.5 Å². The Labute approximate surface area is 149 Å². The molecule has 0 saturated carbocycles. The standard InChI is InChI=1S/C19H17NO4S/c1-12-17(19(21)22)25-18(20-12)14-8-9-15(23-2)16(10-14)24-11-13-6-4-3-5-7-13/h3-10H,11H2,1-2H3,(H,21,22). The number of ether oxygens (including phenoxy) is 2. The lowest BCUT2D eigenvalue weighted by molar-refractivity contribution is 0.0701. The van der Waals surface area contributed by atoms with Gasteiger partial charge in [-0.2, -0.15) is 0 Å². The molecule has 3 aromatic rings. The Kier molecular flexibility index (Phi) is 5.00. The van der Waals surface area contributed by atoms with Crippen molar-refractivity contribution < 1.29 is 19.4 Å². The molecule has 2 aromatic carbocycles. The number of thiazole rings is 1. The number of hydrogen-bond acceptors (Lipinski definition) is 5. The summed E-state index contributed by atoms with van der Waals surface area (Å²) >= 11 is 1.15. The number of aromatic carboxylic acids is 1. The molecule has 128 valence electrons. The molecule has 0 spiro atoms. The highest BCUT2D eigenvalue weighted by Crippen LogP contribution is 2.35. The first-order chi connectivity index (χ1) is 12.1. The van der Waals surface area contributed by atoms with Crippen molar-refractivity contribution in [1.82, 2.24) is 4.98 Å². The largest absolute Gasteiger partial charge is 0.493 e. The van der Waals surface area contributed by atoms with Gasteiger partial charge in [0.05, 0.1) is 12.8 Å². The van der Waals surface area contributed by atoms with Crippen LogP contribution in [0.2, 0.25) is 0 Å². The Morgan fingerprint density at radius 2 is 1.92 bits per heavy atom. The van der Waals surface area contributed by atoms with Gasteiger partial charge in [0.2, 0.25) is 0 Å². The molecule has 1 aromatic heterocycles. The van der Waals surface area contributed by atoms with Crippen LogP contribution in [0, 0.1) is 6.92 Å². The summed E-state index contributed by atoms with van der Waals surface area (Å²) in [6, 6.07) is 15.3. The van der Waals surface area contributed by atoms with E-state index in [9.17, 15) is 9.90 Å². The lowest BCUT2D eigenvalue weighted by Gasteiger charge is -2.12. The van der Waals surface area contributed by atoms with E-state index >= 15 is 0 Å². The first kappa shape index (κ1) is 17.0. The van der Waals surface area contributed by atoms with Gasteiger partial charge in [0, 0.05) is 5.56 Å². The van der Waals surface area contributed by atoms with E-state index in [0.29, 0.717) is 28.8 Å². The predicted molar refractivity (Wildman–Crippen MR) is 96.6 cm³/mol. The summed E-state index contributed by atoms with van der Waals surface area (Å²) < 4.78 is 11.3. The highest BCUT2D eigenvalue weighted by molar-refractivity contribution is 7.17. The van der Waals surface area contributed by atoms with Crippen molar-refractivity contribution in [1.29, 1.82) is 0 Å². The third-order valence-corrected chi connectivity index (χ3v) is 4.83. The number of benzene rings is 2. The smallest absolute Gasteiger partial charge is 0.347 e. The van der Waals surface area contributed by atoms with Crippen LogP contribution >= 0.6 is 11.3 Å². The zero-order chi connectivity index (χ0) is 17.8. The van der Waals surface area contributed by atoms with E-state index in [1.54, 1.807) is 20.1 Å². The number of rotatable bonds is 6. The van der Waals surface area contributed by atoms with Crippen LogP contribution in [0.3, 0.4) is 0 Å². The average Bonchev–Trinajstić information content (AvgIpc) is 3.02. The molecule has 0 aliphatic carbocycles. The van der Waals surface area contributed by atoms with Gasteiger partial charge in [-0.25, -0.2) is 9.78 Å². The molecule has 0 atom stereocenters. The maximum atomic E-state index is 11.2. The highest BCUT2D eigenvalue weighted by atomic mass is 32.1. The van der Waals surface area contributed by atoms with Gasteiger partial charge in [-0.15, -0.1) is 11.3 Å². The fourth-order valence-corrected chi connectivity index (χ4v) is 3.28. The van der Waals surface area contributed by atoms with Crippen LogP contribution in [0.25, 0.3) is 10.6 Å². The van der Waals surface area contributed by atoms with Crippen LogP contribution in [-0.4, -0.2) is 23.2 Å². The molecule has 25 heavy (non-hydrogen) atoms. The Morgan fingerprint density at radius 1 is 1.16 bits per heavy atom. The van der Waals surface area contributed by atoms with E-state index in [2.05, 4.69) is 4.98 Å². The Hall–Kier alpha value is -2.86. The van der Waals surface area contributed by atoms with E-state index in [1.165, 1.54) is 0 Å². The topological polar surface area (TPSA) is 68.7 Å². The first-order valence-electron chi connectivity index (χ1n) is 7.64. The molecule has 5 nitrogen and oxygen atoms in total. The third-order valence-electron chi connectivity index (χ3n) is 3.64. The number of carbonyl (C=O) groups is 1. The van der Waals surface area contributed by atoms with Crippen molar-refractivity contribution in [2.75, 3.05) is 7.11 Å². The van der Waals surface area contributed by atoms with Gasteiger partial charge < -0.3 is 14.6 Å². The number of hydrogen-bond donors (Lipinski definition) is 1. The molecular formula is C19H17NO4S. The maximum absolute atomic E-state index is 11.2. The first-order valence-corrected chi connectivity index (χ1v) is 8.46. The second kappa shape index (κ2) is 7.36. The number of nitrogens with zero attached hydrogens (tertiary/aromatic N) is 1. The van der Waals surface area contributed by atoms with Gasteiger partial charge in [0.1, 0.15) is 16.5 Å². The average molecular weight is 355 g/mol. The van der Waals surface area contributed by atoms with E-state index in [1.807, 2.05) is 42.5 Å². The summed E-state index contributed by atoms with van der Waals surface area (Å²) in [5.41, 5.74) is 2.35. The highest BCUT2D eigenvalue weighted by Gasteiger charge is 2.16. The minimum Gasteiger partial charge on any atom is -0.493 e. The zero-order valence-corrected chi connectivity index (χ0v) is 14.7. The monoisotopic (exact) mass is 355 g/mol. The number of carboxylic acid groups (broad SMARTS) is 1. The number of aryl methyl sites for hydroxylation is 1. The summed E-state index contributed by atoms with van der Waals surface area (Å²) in [5, 5.41) is 9.84. The molecule has 0 fully saturated rings. The zero-order valence-electron chi connectivity index (χ0n) is 13.9. The second-order valence-corrected chi connectivity index (χ2v) is 6.38. The summed E-state index contributed by atoms with van der Waals surface area (Å²) in [6.07, 6.45) is 0. The van der Waals surface area contributed by atoms with Crippen LogP contribution in [0.4, 0.5) is 0 Å². The molecule has 0 unspecified atom stereocenters. The van der Waals surface area contributed by atoms with Crippen molar-refractivity contribution in [3.8, 4) is 22.1 Å². The number of methoxy groups -OCH3 is 1. The summed E-state index contributed by atoms with van der Waals surface area (Å²) in [5.74, 6) is 0.246. The Balaban J connectivity index is 1.89. The maximum Gasteiger partial charge on any atom is 0.347 e. The SMILES string of the molecule is COc1ccc(-c2nc(C)c(C(=O)O)s2)cc1OCc1ccccc1. The van der Waals surface area contributed by atoms with Gasteiger partial charge in [0.25, 0.3) is 0 Å². The Bertz CT molecular complexity index is 890. The van der Waals surface area contributed by atoms with Gasteiger partial charge in [-0.05, 0) is 30.7 Å². The summed E-state index contributed by atoms with van der Waals surface area (Å²) in [7, 11) is 1.58. The van der Waals surface area contributed by atoms with E-state index in [4.69, 9.17) is 9.47 Å². The molecule has 3 rings (SSSR count). The molecule has 0 radical (unpaired) electrons. The van der Waals surface area contributed by atoms with E-state index in [-0.39, 0.29) is 4.88 Å². The van der Waals surface area contributed by atoms with Gasteiger partial charge in [0.15, 0.2) is 11.5 Å². The molecule has 0 aliphatic rings. The molecule has 0 amide bonds. The van der Waals surface area contributed by atoms with Crippen LogP contribution in [0.5, 0.6) is 11.5 Å². The lowest BCUT2D eigenvalue weighted by Crippen LogP contribution is -1.97. The quantitative estimate of drug-likeness (QED) is 0.709. The Morgan fingerprint density at radius 3 is 2.56 bits per heavy atom. The minimum absolute atomic E-state index is 0.248. The molecule has 1 N–H and O–H groups in total. The van der Waals surface area contributed by atoms with E-state index < -0.39 is 5.97 Å². The van der Waals surface area contributed by atoms with Crippen LogP contribution in [0.1, 0.15) is 20.9 Å². The minimum atomic E-state index is -0.963. The van der Waals surface area contributed by atoms with Crippen molar-refractivity contribution in [2.24, 2.45) is 0 Å². The van der Waals surface area contributed by atoms with Crippen molar-refractivity contribution in [3.05, 3.63) is 64.7 Å². The molecular weight excluding hydrogens is 338 g/mol. The van der Waals surface area contributed by atoms with Gasteiger partial charge >= 0.3 is 5.97 Å². The van der Waals surface area contributed by atoms with Crippen LogP contribution < -0.4 is 9.47 Å². The molecule has 0 aliphatic heterocycles. The molecule has 0 saturated heterocycles. The van der Waals surface area contributed by atoms with Crippen molar-refractivity contribution in [2.45, 2.75) is 13.5 Å². The fourth-order valence-electron chi connectivity index (χ4n) is 2.38. The van der Waals surface area contributed by atoms with E-state index in [0.717, 1.165) is 22.5 Å². The molecule has 0 bridgehead atoms. The fraction of sp³-hybridized carbons (Fsp3) is 0.158. The summed E-state index contributed by atoms with van der Waals surface area (Å²) in [6.45, 7) is 2.11. The van der Waals surface area contributed by atoms with Crippen molar-refractivity contribution in [3.63, 3.8) is 0 Å². The third kappa shape index (κ3) is 3.80. The lowest BCUT2D eigenvalue weighted by atomic mass is 10.2. The number of carboxylic acids is 1. The molecule has 6 heteroatoms. The van der Waals surface area contributed by atoms with Gasteiger partial charge in [-0.1, -0.05) is 30.3 Å². The summed E-state index contributed by atoms with van der Waals surface area (Å²) in [4.78, 5) is 15.8. The number of aromatic nitrogens is 1.